The monoisotopic (exact) mass is 226 g/mol. The van der Waals surface area contributed by atoms with E-state index in [9.17, 15) is 4.79 Å². The molecule has 0 amide bonds. The molecule has 0 aromatic heterocycles. The third-order valence-electron chi connectivity index (χ3n) is 0.583. The Balaban J connectivity index is 0. The summed E-state index contributed by atoms with van der Waals surface area (Å²) < 4.78 is 0. The van der Waals surface area contributed by atoms with Gasteiger partial charge in [-0.05, 0) is 5.92 Å². The summed E-state index contributed by atoms with van der Waals surface area (Å²) in [5.41, 5.74) is 0. The van der Waals surface area contributed by atoms with Crippen LogP contribution < -0.4 is 0 Å². The van der Waals surface area contributed by atoms with Crippen molar-refractivity contribution in [3.05, 3.63) is 0 Å². The van der Waals surface area contributed by atoms with Gasteiger partial charge in [-0.15, -0.1) is 0 Å². The Morgan fingerprint density at radius 3 is 2.00 bits per heavy atom. The summed E-state index contributed by atoms with van der Waals surface area (Å²) in [6.45, 7) is 3.77. The van der Waals surface area contributed by atoms with Crippen molar-refractivity contribution in [1.82, 2.24) is 0 Å². The number of rotatable bonds is 2. The van der Waals surface area contributed by atoms with E-state index >= 15 is 0 Å². The van der Waals surface area contributed by atoms with Gasteiger partial charge in [0.2, 0.25) is 0 Å². The first kappa shape index (κ1) is 11.1. The van der Waals surface area contributed by atoms with E-state index in [1.807, 2.05) is 13.8 Å². The number of carboxylic acid groups (broad SMARTS) is 1. The van der Waals surface area contributed by atoms with Crippen molar-refractivity contribution < 1.29 is 9.90 Å². The number of carbonyl (C=O) groups is 1. The van der Waals surface area contributed by atoms with Gasteiger partial charge in [0.05, 0.1) is 0 Å². The molecular formula is C5H13O2Sb. The standard InChI is InChI=1S/C5H10O2.Sb.3H/c1-4(2)3-5(6)7;;;;/h4H,3H2,1-2H3,(H,6,7);;;;. The molecule has 8 heavy (non-hydrogen) atoms. The minimum atomic E-state index is -0.713. The summed E-state index contributed by atoms with van der Waals surface area (Å²) in [5, 5.41) is 8.08. The predicted octanol–water partition coefficient (Wildman–Crippen LogP) is -0.0668. The molecule has 3 heteroatoms. The van der Waals surface area contributed by atoms with Gasteiger partial charge in [-0.2, -0.15) is 0 Å². The van der Waals surface area contributed by atoms with E-state index < -0.39 is 5.97 Å². The van der Waals surface area contributed by atoms with Gasteiger partial charge >= 0.3 is 30.4 Å². The van der Waals surface area contributed by atoms with Crippen LogP contribution in [0.15, 0.2) is 0 Å². The molecule has 1 N–H and O–H groups in total. The first-order valence-electron chi connectivity index (χ1n) is 2.34. The SMILES string of the molecule is CC(C)CC(=O)O.[SbH3]. The molecule has 50 valence electrons. The van der Waals surface area contributed by atoms with Crippen molar-refractivity contribution in [3.63, 3.8) is 0 Å². The van der Waals surface area contributed by atoms with Crippen molar-refractivity contribution in [1.29, 1.82) is 0 Å². The van der Waals surface area contributed by atoms with Crippen molar-refractivity contribution in [2.24, 2.45) is 5.92 Å². The Bertz CT molecular complexity index is 70.8. The van der Waals surface area contributed by atoms with Crippen LogP contribution in [0.4, 0.5) is 0 Å². The van der Waals surface area contributed by atoms with Crippen LogP contribution in [0.5, 0.6) is 0 Å². The van der Waals surface area contributed by atoms with Crippen molar-refractivity contribution in [3.8, 4) is 0 Å². The fraction of sp³-hybridized carbons (Fsp3) is 0.800. The van der Waals surface area contributed by atoms with Gasteiger partial charge in [0, 0.05) is 6.42 Å². The van der Waals surface area contributed by atoms with Crippen molar-refractivity contribution in [2.45, 2.75) is 20.3 Å². The zero-order valence-electron chi connectivity index (χ0n) is 5.35. The zero-order chi connectivity index (χ0) is 5.86. The quantitative estimate of drug-likeness (QED) is 0.670. The van der Waals surface area contributed by atoms with Crippen LogP contribution in [0.2, 0.25) is 0 Å². The zero-order valence-corrected chi connectivity index (χ0v) is 9.38. The van der Waals surface area contributed by atoms with Gasteiger partial charge in [0.15, 0.2) is 0 Å². The van der Waals surface area contributed by atoms with Crippen LogP contribution in [0.25, 0.3) is 0 Å². The minimum absolute atomic E-state index is 0. The summed E-state index contributed by atoms with van der Waals surface area (Å²) >= 11 is 0. The summed E-state index contributed by atoms with van der Waals surface area (Å²) in [5.74, 6) is -0.438. The van der Waals surface area contributed by atoms with Crippen molar-refractivity contribution >= 4 is 30.4 Å². The maximum absolute atomic E-state index is 9.81. The van der Waals surface area contributed by atoms with E-state index in [1.54, 1.807) is 0 Å². The van der Waals surface area contributed by atoms with Gasteiger partial charge in [-0.25, -0.2) is 0 Å². The molecule has 0 unspecified atom stereocenters. The molecule has 0 aromatic rings. The number of hydrogen-bond donors (Lipinski definition) is 1. The van der Waals surface area contributed by atoms with E-state index in [0.717, 1.165) is 0 Å². The molecule has 0 saturated heterocycles. The Morgan fingerprint density at radius 1 is 1.62 bits per heavy atom. The van der Waals surface area contributed by atoms with E-state index in [-0.39, 0.29) is 36.8 Å². The topological polar surface area (TPSA) is 37.3 Å². The summed E-state index contributed by atoms with van der Waals surface area (Å²) in [7, 11) is 0. The molecule has 0 spiro atoms. The normalized spacial score (nSPS) is 8.38. The van der Waals surface area contributed by atoms with E-state index in [0.29, 0.717) is 0 Å². The Labute approximate surface area is 66.7 Å². The Morgan fingerprint density at radius 2 is 2.00 bits per heavy atom. The average Bonchev–Trinajstić information content (AvgIpc) is 1.27. The van der Waals surface area contributed by atoms with Gasteiger partial charge in [-0.1, -0.05) is 13.8 Å². The summed E-state index contributed by atoms with van der Waals surface area (Å²) in [6, 6.07) is 0. The second-order valence-electron chi connectivity index (χ2n) is 1.99. The molecule has 0 saturated carbocycles. The fourth-order valence-corrected chi connectivity index (χ4v) is 0.349. The molecule has 0 radical (unpaired) electrons. The summed E-state index contributed by atoms with van der Waals surface area (Å²) in [4.78, 5) is 9.81. The molecule has 0 bridgehead atoms. The van der Waals surface area contributed by atoms with Gasteiger partial charge in [0.1, 0.15) is 0 Å². The van der Waals surface area contributed by atoms with Crippen molar-refractivity contribution in [2.75, 3.05) is 0 Å². The van der Waals surface area contributed by atoms with Gasteiger partial charge in [0.25, 0.3) is 0 Å². The number of carboxylic acids is 1. The molecule has 2 nitrogen and oxygen atoms in total. The van der Waals surface area contributed by atoms with Crippen LogP contribution >= 0.6 is 0 Å². The van der Waals surface area contributed by atoms with Crippen LogP contribution in [0, 0.1) is 5.92 Å². The van der Waals surface area contributed by atoms with Crippen LogP contribution in [0.3, 0.4) is 0 Å². The first-order chi connectivity index (χ1) is 3.13. The van der Waals surface area contributed by atoms with E-state index in [4.69, 9.17) is 5.11 Å². The molecule has 0 rings (SSSR count). The number of hydrogen-bond acceptors (Lipinski definition) is 1. The van der Waals surface area contributed by atoms with Crippen LogP contribution in [-0.2, 0) is 4.79 Å². The molecule has 0 heterocycles. The number of aliphatic carboxylic acids is 1. The average molecular weight is 227 g/mol. The Hall–Kier alpha value is 0.288. The molecule has 0 atom stereocenters. The third-order valence-corrected chi connectivity index (χ3v) is 0.583. The molecule has 0 fully saturated rings. The molecule has 0 aromatic carbocycles. The summed E-state index contributed by atoms with van der Waals surface area (Å²) in [6.07, 6.45) is 0.278. The molecule has 0 aliphatic carbocycles. The molecule has 0 aliphatic rings. The van der Waals surface area contributed by atoms with Crippen LogP contribution in [-0.4, -0.2) is 35.5 Å². The Kier molecular flexibility index (Phi) is 7.55. The second kappa shape index (κ2) is 5.43. The third kappa shape index (κ3) is 9.56. The second-order valence-corrected chi connectivity index (χ2v) is 1.99. The van der Waals surface area contributed by atoms with Crippen LogP contribution in [0.1, 0.15) is 20.3 Å². The fourth-order valence-electron chi connectivity index (χ4n) is 0.349. The van der Waals surface area contributed by atoms with E-state index in [2.05, 4.69) is 0 Å². The predicted molar refractivity (Wildman–Crippen MR) is 37.0 cm³/mol. The first-order valence-corrected chi connectivity index (χ1v) is 2.34. The van der Waals surface area contributed by atoms with E-state index in [1.165, 1.54) is 0 Å². The maximum atomic E-state index is 9.81. The molecular weight excluding hydrogens is 214 g/mol. The molecule has 0 aliphatic heterocycles. The van der Waals surface area contributed by atoms with Gasteiger partial charge < -0.3 is 5.11 Å². The van der Waals surface area contributed by atoms with Gasteiger partial charge in [-0.3, -0.25) is 4.79 Å².